The number of benzene rings is 1. The van der Waals surface area contributed by atoms with Gasteiger partial charge in [0.1, 0.15) is 5.69 Å². The molecular formula is C19H14FNS3. The van der Waals surface area contributed by atoms with E-state index in [1.165, 1.54) is 33.2 Å². The molecule has 0 bridgehead atoms. The second kappa shape index (κ2) is 7.83. The topological polar surface area (TPSA) is 12.4 Å². The number of halogens is 1. The average molecular weight is 372 g/mol. The first-order chi connectivity index (χ1) is 11.7. The van der Waals surface area contributed by atoms with Crippen LogP contribution in [0.4, 0.5) is 10.1 Å². The van der Waals surface area contributed by atoms with Crippen LogP contribution in [0.3, 0.4) is 0 Å². The summed E-state index contributed by atoms with van der Waals surface area (Å²) in [7, 11) is 0. The molecule has 3 aromatic rings. The van der Waals surface area contributed by atoms with E-state index in [1.54, 1.807) is 23.5 Å². The first kappa shape index (κ1) is 17.0. The molecule has 0 saturated carbocycles. The predicted molar refractivity (Wildman–Crippen MR) is 105 cm³/mol. The first-order valence-corrected chi connectivity index (χ1v) is 9.65. The molecule has 1 aromatic carbocycles. The molecule has 0 fully saturated rings. The summed E-state index contributed by atoms with van der Waals surface area (Å²) in [6, 6.07) is 9.06. The molecule has 2 aromatic heterocycles. The van der Waals surface area contributed by atoms with Gasteiger partial charge in [0.25, 0.3) is 0 Å². The SMILES string of the molecule is CCCCc1cc2sc(C#Cc3ccc(N=C=S)c(F)c3)cc2s1. The minimum atomic E-state index is -0.438. The fraction of sp³-hybridized carbons (Fsp3) is 0.211. The third-order valence-corrected chi connectivity index (χ3v) is 5.84. The van der Waals surface area contributed by atoms with Crippen LogP contribution in [0.5, 0.6) is 0 Å². The minimum absolute atomic E-state index is 0.187. The number of thiophene rings is 2. The van der Waals surface area contributed by atoms with Crippen molar-refractivity contribution in [3.05, 3.63) is 51.5 Å². The Morgan fingerprint density at radius 1 is 1.12 bits per heavy atom. The molecule has 0 N–H and O–H groups in total. The molecule has 0 saturated heterocycles. The Labute approximate surface area is 153 Å². The number of aliphatic imine (C=N–C) groups is 1. The average Bonchev–Trinajstić information content (AvgIpc) is 3.11. The number of rotatable bonds is 4. The van der Waals surface area contributed by atoms with E-state index >= 15 is 0 Å². The van der Waals surface area contributed by atoms with Gasteiger partial charge in [0.15, 0.2) is 5.82 Å². The van der Waals surface area contributed by atoms with Gasteiger partial charge in [-0.1, -0.05) is 25.2 Å². The molecule has 0 aliphatic heterocycles. The molecular weight excluding hydrogens is 357 g/mol. The van der Waals surface area contributed by atoms with Crippen LogP contribution < -0.4 is 0 Å². The normalized spacial score (nSPS) is 10.2. The van der Waals surface area contributed by atoms with E-state index in [2.05, 4.69) is 53.3 Å². The zero-order valence-electron chi connectivity index (χ0n) is 13.1. The van der Waals surface area contributed by atoms with Crippen LogP contribution in [0, 0.1) is 17.7 Å². The standard InChI is InChI=1S/C19H14FNS3/c1-2-3-4-14-10-18-19(23-14)11-15(24-18)7-5-13-6-8-17(21-12-22)16(20)9-13/h6,8-11H,2-4H2,1H3. The maximum absolute atomic E-state index is 13.8. The summed E-state index contributed by atoms with van der Waals surface area (Å²) in [6.07, 6.45) is 3.60. The van der Waals surface area contributed by atoms with Crippen LogP contribution in [0.2, 0.25) is 0 Å². The lowest BCUT2D eigenvalue weighted by molar-refractivity contribution is 0.629. The molecule has 1 nitrogen and oxygen atoms in total. The Balaban J connectivity index is 1.80. The Morgan fingerprint density at radius 3 is 2.67 bits per heavy atom. The van der Waals surface area contributed by atoms with Gasteiger partial charge in [-0.3, -0.25) is 0 Å². The van der Waals surface area contributed by atoms with Crippen LogP contribution >= 0.6 is 34.9 Å². The van der Waals surface area contributed by atoms with Gasteiger partial charge < -0.3 is 0 Å². The smallest absolute Gasteiger partial charge is 0.150 e. The molecule has 0 unspecified atom stereocenters. The van der Waals surface area contributed by atoms with Gasteiger partial charge in [0.2, 0.25) is 0 Å². The largest absolute Gasteiger partial charge is 0.205 e. The van der Waals surface area contributed by atoms with E-state index < -0.39 is 5.82 Å². The maximum atomic E-state index is 13.8. The van der Waals surface area contributed by atoms with Crippen molar-refractivity contribution in [1.29, 1.82) is 0 Å². The van der Waals surface area contributed by atoms with Gasteiger partial charge >= 0.3 is 0 Å². The first-order valence-electron chi connectivity index (χ1n) is 7.61. The van der Waals surface area contributed by atoms with Gasteiger partial charge in [0, 0.05) is 19.8 Å². The summed E-state index contributed by atoms with van der Waals surface area (Å²) in [5.74, 6) is 5.69. The van der Waals surface area contributed by atoms with E-state index in [0.717, 1.165) is 11.3 Å². The van der Waals surface area contributed by atoms with Crippen LogP contribution in [0.25, 0.3) is 9.40 Å². The molecule has 0 atom stereocenters. The number of aryl methyl sites for hydroxylation is 1. The van der Waals surface area contributed by atoms with Crippen LogP contribution in [-0.4, -0.2) is 5.16 Å². The second-order valence-corrected chi connectivity index (χ2v) is 7.71. The number of unbranched alkanes of at least 4 members (excludes halogenated alkanes) is 1. The number of hydrogen-bond acceptors (Lipinski definition) is 4. The van der Waals surface area contributed by atoms with Crippen LogP contribution in [-0.2, 0) is 6.42 Å². The summed E-state index contributed by atoms with van der Waals surface area (Å²) < 4.78 is 16.4. The lowest BCUT2D eigenvalue weighted by Crippen LogP contribution is -1.79. The van der Waals surface area contributed by atoms with Crippen molar-refractivity contribution < 1.29 is 4.39 Å². The van der Waals surface area contributed by atoms with Gasteiger partial charge in [-0.2, -0.15) is 4.99 Å². The zero-order valence-corrected chi connectivity index (χ0v) is 15.5. The molecule has 3 rings (SSSR count). The Kier molecular flexibility index (Phi) is 5.55. The maximum Gasteiger partial charge on any atom is 0.150 e. The molecule has 0 radical (unpaired) electrons. The summed E-state index contributed by atoms with van der Waals surface area (Å²) in [6.45, 7) is 2.21. The van der Waals surface area contributed by atoms with Gasteiger partial charge in [-0.05, 0) is 55.4 Å². The lowest BCUT2D eigenvalue weighted by atomic mass is 10.2. The van der Waals surface area contributed by atoms with E-state index in [1.807, 2.05) is 11.3 Å². The number of thiocarbonyl (C=S) groups is 1. The quantitative estimate of drug-likeness (QED) is 0.287. The number of hydrogen-bond donors (Lipinski definition) is 0. The highest BCUT2D eigenvalue weighted by Crippen LogP contribution is 2.33. The minimum Gasteiger partial charge on any atom is -0.205 e. The summed E-state index contributed by atoms with van der Waals surface area (Å²) in [4.78, 5) is 6.10. The molecule has 0 aliphatic rings. The second-order valence-electron chi connectivity index (χ2n) is 5.27. The lowest BCUT2D eigenvalue weighted by Gasteiger charge is -1.95. The molecule has 0 amide bonds. The van der Waals surface area contributed by atoms with E-state index in [9.17, 15) is 4.39 Å². The van der Waals surface area contributed by atoms with Crippen molar-refractivity contribution in [2.75, 3.05) is 0 Å². The van der Waals surface area contributed by atoms with Crippen molar-refractivity contribution >= 4 is 55.1 Å². The van der Waals surface area contributed by atoms with Gasteiger partial charge in [0.05, 0.1) is 10.0 Å². The van der Waals surface area contributed by atoms with Gasteiger partial charge in [-0.15, -0.1) is 22.7 Å². The molecule has 24 heavy (non-hydrogen) atoms. The van der Waals surface area contributed by atoms with E-state index in [-0.39, 0.29) is 5.69 Å². The molecule has 5 heteroatoms. The van der Waals surface area contributed by atoms with Gasteiger partial charge in [-0.25, -0.2) is 4.39 Å². The number of nitrogens with zero attached hydrogens (tertiary/aromatic N) is 1. The fourth-order valence-corrected chi connectivity index (χ4v) is 4.70. The number of fused-ring (bicyclic) bond motifs is 1. The van der Waals surface area contributed by atoms with Crippen molar-refractivity contribution in [1.82, 2.24) is 0 Å². The highest BCUT2D eigenvalue weighted by Gasteiger charge is 2.06. The van der Waals surface area contributed by atoms with E-state index in [4.69, 9.17) is 0 Å². The molecule has 2 heterocycles. The molecule has 120 valence electrons. The van der Waals surface area contributed by atoms with Crippen molar-refractivity contribution in [3.8, 4) is 11.8 Å². The zero-order chi connectivity index (χ0) is 16.9. The number of isothiocyanates is 1. The predicted octanol–water partition coefficient (Wildman–Crippen LogP) is 6.58. The molecule has 0 aliphatic carbocycles. The Hall–Kier alpha value is -1.83. The summed E-state index contributed by atoms with van der Waals surface area (Å²) in [5.41, 5.74) is 0.808. The van der Waals surface area contributed by atoms with Crippen molar-refractivity contribution in [3.63, 3.8) is 0 Å². The Bertz CT molecular complexity index is 950. The molecule has 0 spiro atoms. The monoisotopic (exact) mass is 371 g/mol. The third kappa shape index (κ3) is 3.98. The van der Waals surface area contributed by atoms with Crippen LogP contribution in [0.15, 0.2) is 35.3 Å². The summed E-state index contributed by atoms with van der Waals surface area (Å²) >= 11 is 8.02. The summed E-state index contributed by atoms with van der Waals surface area (Å²) in [5, 5.41) is 2.17. The fourth-order valence-electron chi connectivity index (χ4n) is 2.28. The highest BCUT2D eigenvalue weighted by molar-refractivity contribution is 7.78. The Morgan fingerprint density at radius 2 is 1.96 bits per heavy atom. The van der Waals surface area contributed by atoms with Crippen molar-refractivity contribution in [2.45, 2.75) is 26.2 Å². The van der Waals surface area contributed by atoms with Crippen molar-refractivity contribution in [2.24, 2.45) is 4.99 Å². The highest BCUT2D eigenvalue weighted by atomic mass is 32.1. The third-order valence-electron chi connectivity index (χ3n) is 3.48. The van der Waals surface area contributed by atoms with Crippen LogP contribution in [0.1, 0.15) is 35.1 Å². The van der Waals surface area contributed by atoms with E-state index in [0.29, 0.717) is 5.56 Å².